The van der Waals surface area contributed by atoms with Crippen molar-refractivity contribution in [3.8, 4) is 0 Å². The van der Waals surface area contributed by atoms with Crippen LogP contribution in [0.3, 0.4) is 0 Å². The number of rotatable bonds is 3. The Balaban J connectivity index is 3.20. The van der Waals surface area contributed by atoms with Gasteiger partial charge in [0.1, 0.15) is 5.82 Å². The second kappa shape index (κ2) is 4.53. The van der Waals surface area contributed by atoms with E-state index in [1.54, 1.807) is 26.8 Å². The molecule has 0 saturated carbocycles. The fraction of sp³-hybridized carbons (Fsp3) is 0.417. The molecule has 0 spiro atoms. The SMILES string of the molecule is Cc1cc(C)c(C(=O)C(C)CN)c(F)c1. The normalized spacial score (nSPS) is 12.6. The Morgan fingerprint density at radius 2 is 2.07 bits per heavy atom. The maximum absolute atomic E-state index is 13.6. The molecular weight excluding hydrogens is 193 g/mol. The van der Waals surface area contributed by atoms with Gasteiger partial charge < -0.3 is 5.73 Å². The third kappa shape index (κ3) is 2.42. The van der Waals surface area contributed by atoms with Crippen LogP contribution < -0.4 is 5.73 Å². The van der Waals surface area contributed by atoms with E-state index in [0.29, 0.717) is 5.56 Å². The van der Waals surface area contributed by atoms with Crippen LogP contribution in [0.25, 0.3) is 0 Å². The predicted octanol–water partition coefficient (Wildman–Crippen LogP) is 2.22. The number of hydrogen-bond donors (Lipinski definition) is 1. The van der Waals surface area contributed by atoms with Crippen LogP contribution in [-0.2, 0) is 0 Å². The average Bonchev–Trinajstić information content (AvgIpc) is 2.14. The molecule has 0 aliphatic heterocycles. The number of carbonyl (C=O) groups excluding carboxylic acids is 1. The van der Waals surface area contributed by atoms with Gasteiger partial charge in [0.05, 0.1) is 5.56 Å². The van der Waals surface area contributed by atoms with Crippen molar-refractivity contribution in [2.24, 2.45) is 11.7 Å². The lowest BCUT2D eigenvalue weighted by Crippen LogP contribution is -2.22. The lowest BCUT2D eigenvalue weighted by atomic mass is 9.94. The second-order valence-electron chi connectivity index (χ2n) is 3.94. The summed E-state index contributed by atoms with van der Waals surface area (Å²) in [6.45, 7) is 5.50. The Bertz CT molecular complexity index is 364. The van der Waals surface area contributed by atoms with Gasteiger partial charge in [-0.1, -0.05) is 13.0 Å². The van der Waals surface area contributed by atoms with Gasteiger partial charge in [0.2, 0.25) is 0 Å². The van der Waals surface area contributed by atoms with Crippen LogP contribution in [0.2, 0.25) is 0 Å². The second-order valence-corrected chi connectivity index (χ2v) is 3.94. The summed E-state index contributed by atoms with van der Waals surface area (Å²) < 4.78 is 13.6. The molecule has 0 radical (unpaired) electrons. The molecule has 0 saturated heterocycles. The molecule has 15 heavy (non-hydrogen) atoms. The van der Waals surface area contributed by atoms with E-state index in [4.69, 9.17) is 5.73 Å². The molecule has 0 aliphatic rings. The Hall–Kier alpha value is -1.22. The first-order valence-electron chi connectivity index (χ1n) is 4.98. The molecular formula is C12H16FNO. The smallest absolute Gasteiger partial charge is 0.170 e. The predicted molar refractivity (Wildman–Crippen MR) is 58.4 cm³/mol. The van der Waals surface area contributed by atoms with Gasteiger partial charge in [-0.05, 0) is 31.0 Å². The molecule has 82 valence electrons. The third-order valence-corrected chi connectivity index (χ3v) is 2.48. The van der Waals surface area contributed by atoms with E-state index < -0.39 is 5.82 Å². The number of nitrogens with two attached hydrogens (primary N) is 1. The molecule has 0 aromatic heterocycles. The van der Waals surface area contributed by atoms with Gasteiger partial charge >= 0.3 is 0 Å². The molecule has 2 N–H and O–H groups in total. The Kier molecular flexibility index (Phi) is 3.58. The Morgan fingerprint density at radius 1 is 1.47 bits per heavy atom. The summed E-state index contributed by atoms with van der Waals surface area (Å²) in [5.74, 6) is -0.994. The monoisotopic (exact) mass is 209 g/mol. The van der Waals surface area contributed by atoms with Crippen LogP contribution in [0.15, 0.2) is 12.1 Å². The van der Waals surface area contributed by atoms with Gasteiger partial charge in [-0.2, -0.15) is 0 Å². The van der Waals surface area contributed by atoms with E-state index in [0.717, 1.165) is 5.56 Å². The Morgan fingerprint density at radius 3 is 2.53 bits per heavy atom. The fourth-order valence-corrected chi connectivity index (χ4v) is 1.58. The maximum Gasteiger partial charge on any atom is 0.170 e. The van der Waals surface area contributed by atoms with E-state index in [1.165, 1.54) is 6.07 Å². The average molecular weight is 209 g/mol. The van der Waals surface area contributed by atoms with Crippen LogP contribution in [0.5, 0.6) is 0 Å². The highest BCUT2D eigenvalue weighted by Gasteiger charge is 2.19. The van der Waals surface area contributed by atoms with E-state index in [2.05, 4.69) is 0 Å². The van der Waals surface area contributed by atoms with Crippen molar-refractivity contribution in [3.05, 3.63) is 34.6 Å². The highest BCUT2D eigenvalue weighted by atomic mass is 19.1. The lowest BCUT2D eigenvalue weighted by Gasteiger charge is -2.11. The third-order valence-electron chi connectivity index (χ3n) is 2.48. The van der Waals surface area contributed by atoms with Crippen LogP contribution in [0, 0.1) is 25.6 Å². The number of hydrogen-bond acceptors (Lipinski definition) is 2. The van der Waals surface area contributed by atoms with E-state index >= 15 is 0 Å². The summed E-state index contributed by atoms with van der Waals surface area (Å²) in [5.41, 5.74) is 7.08. The summed E-state index contributed by atoms with van der Waals surface area (Å²) in [7, 11) is 0. The largest absolute Gasteiger partial charge is 0.330 e. The summed E-state index contributed by atoms with van der Waals surface area (Å²) in [4.78, 5) is 11.8. The fourth-order valence-electron chi connectivity index (χ4n) is 1.58. The molecule has 2 nitrogen and oxygen atoms in total. The highest BCUT2D eigenvalue weighted by molar-refractivity contribution is 5.99. The minimum atomic E-state index is -0.446. The first-order valence-corrected chi connectivity index (χ1v) is 4.98. The van der Waals surface area contributed by atoms with Crippen LogP contribution in [-0.4, -0.2) is 12.3 Å². The van der Waals surface area contributed by atoms with Gasteiger partial charge in [0.15, 0.2) is 5.78 Å². The number of carbonyl (C=O) groups is 1. The molecule has 0 amide bonds. The lowest BCUT2D eigenvalue weighted by molar-refractivity contribution is 0.0929. The van der Waals surface area contributed by atoms with Crippen molar-refractivity contribution in [3.63, 3.8) is 0 Å². The quantitative estimate of drug-likeness (QED) is 0.776. The summed E-state index contributed by atoms with van der Waals surface area (Å²) in [5, 5.41) is 0. The molecule has 0 fully saturated rings. The number of benzene rings is 1. The molecule has 3 heteroatoms. The number of Topliss-reactive ketones (excluding diaryl/α,β-unsaturated/α-hetero) is 1. The maximum atomic E-state index is 13.6. The van der Waals surface area contributed by atoms with Crippen molar-refractivity contribution in [1.82, 2.24) is 0 Å². The van der Waals surface area contributed by atoms with Crippen molar-refractivity contribution in [2.45, 2.75) is 20.8 Å². The molecule has 0 bridgehead atoms. The molecule has 0 heterocycles. The van der Waals surface area contributed by atoms with Crippen molar-refractivity contribution in [2.75, 3.05) is 6.54 Å². The molecule has 0 aliphatic carbocycles. The van der Waals surface area contributed by atoms with Crippen molar-refractivity contribution in [1.29, 1.82) is 0 Å². The van der Waals surface area contributed by atoms with Gasteiger partial charge in [0, 0.05) is 12.5 Å². The molecule has 1 unspecified atom stereocenters. The highest BCUT2D eigenvalue weighted by Crippen LogP contribution is 2.19. The van der Waals surface area contributed by atoms with E-state index in [1.807, 2.05) is 0 Å². The van der Waals surface area contributed by atoms with Crippen LogP contribution >= 0.6 is 0 Å². The molecule has 1 aromatic carbocycles. The number of aryl methyl sites for hydroxylation is 2. The Labute approximate surface area is 89.3 Å². The summed E-state index contributed by atoms with van der Waals surface area (Å²) >= 11 is 0. The topological polar surface area (TPSA) is 43.1 Å². The minimum absolute atomic E-state index is 0.179. The number of ketones is 1. The van der Waals surface area contributed by atoms with Crippen molar-refractivity contribution < 1.29 is 9.18 Å². The first-order chi connectivity index (χ1) is 6.97. The van der Waals surface area contributed by atoms with Crippen LogP contribution in [0.4, 0.5) is 4.39 Å². The number of halogens is 1. The summed E-state index contributed by atoms with van der Waals surface area (Å²) in [6.07, 6.45) is 0. The van der Waals surface area contributed by atoms with E-state index in [9.17, 15) is 9.18 Å². The van der Waals surface area contributed by atoms with E-state index in [-0.39, 0.29) is 23.8 Å². The van der Waals surface area contributed by atoms with Crippen molar-refractivity contribution >= 4 is 5.78 Å². The van der Waals surface area contributed by atoms with Gasteiger partial charge in [-0.3, -0.25) is 4.79 Å². The molecule has 1 atom stereocenters. The standard InChI is InChI=1S/C12H16FNO/c1-7-4-8(2)11(10(13)5-7)12(15)9(3)6-14/h4-5,9H,6,14H2,1-3H3. The molecule has 1 rings (SSSR count). The minimum Gasteiger partial charge on any atom is -0.330 e. The van der Waals surface area contributed by atoms with Gasteiger partial charge in [0.25, 0.3) is 0 Å². The zero-order valence-corrected chi connectivity index (χ0v) is 9.30. The first kappa shape index (κ1) is 11.9. The van der Waals surface area contributed by atoms with Crippen LogP contribution in [0.1, 0.15) is 28.4 Å². The molecule has 1 aromatic rings. The van der Waals surface area contributed by atoms with Gasteiger partial charge in [-0.15, -0.1) is 0 Å². The van der Waals surface area contributed by atoms with Gasteiger partial charge in [-0.25, -0.2) is 4.39 Å². The zero-order valence-electron chi connectivity index (χ0n) is 9.30. The summed E-state index contributed by atoms with van der Waals surface area (Å²) in [6, 6.07) is 3.18. The zero-order chi connectivity index (χ0) is 11.6.